The molecule has 0 aromatic heterocycles. The van der Waals surface area contributed by atoms with E-state index in [2.05, 4.69) is 30.4 Å². The highest BCUT2D eigenvalue weighted by Gasteiger charge is 2.25. The number of nitrogens with one attached hydrogen (secondary N) is 1. The zero-order valence-corrected chi connectivity index (χ0v) is 14.4. The van der Waals surface area contributed by atoms with E-state index in [1.165, 1.54) is 18.4 Å². The molecule has 1 saturated carbocycles. The molecule has 0 amide bonds. The predicted octanol–water partition coefficient (Wildman–Crippen LogP) is 3.52. The fourth-order valence-corrected chi connectivity index (χ4v) is 2.85. The van der Waals surface area contributed by atoms with E-state index in [1.807, 2.05) is 36.4 Å². The summed E-state index contributed by atoms with van der Waals surface area (Å²) >= 11 is 0. The molecule has 24 heavy (non-hydrogen) atoms. The van der Waals surface area contributed by atoms with E-state index < -0.39 is 0 Å². The third kappa shape index (κ3) is 4.37. The molecule has 2 aromatic carbocycles. The molecular formula is C21H27NO2. The lowest BCUT2D eigenvalue weighted by Gasteiger charge is -2.28. The molecule has 128 valence electrons. The van der Waals surface area contributed by atoms with Crippen LogP contribution in [-0.4, -0.2) is 24.9 Å². The van der Waals surface area contributed by atoms with Gasteiger partial charge in [-0.3, -0.25) is 0 Å². The molecule has 0 radical (unpaired) electrons. The smallest absolute Gasteiger partial charge is 0.123 e. The number of rotatable bonds is 9. The van der Waals surface area contributed by atoms with E-state index in [0.29, 0.717) is 6.54 Å². The van der Waals surface area contributed by atoms with E-state index >= 15 is 0 Å². The largest absolute Gasteiger partial charge is 0.493 e. The number of para-hydroxylation sites is 1. The fraction of sp³-hybridized carbons (Fsp3) is 0.429. The van der Waals surface area contributed by atoms with E-state index in [9.17, 15) is 5.11 Å². The van der Waals surface area contributed by atoms with Gasteiger partial charge in [0.15, 0.2) is 0 Å². The van der Waals surface area contributed by atoms with Crippen LogP contribution in [0.1, 0.15) is 30.9 Å². The molecule has 0 saturated heterocycles. The Morgan fingerprint density at radius 3 is 2.50 bits per heavy atom. The van der Waals surface area contributed by atoms with Gasteiger partial charge in [-0.1, -0.05) is 55.5 Å². The molecule has 1 fully saturated rings. The first kappa shape index (κ1) is 17.0. The molecule has 0 aliphatic heterocycles. The Morgan fingerprint density at radius 2 is 1.79 bits per heavy atom. The van der Waals surface area contributed by atoms with Gasteiger partial charge in [0.1, 0.15) is 5.75 Å². The van der Waals surface area contributed by atoms with Crippen LogP contribution < -0.4 is 10.1 Å². The monoisotopic (exact) mass is 325 g/mol. The quantitative estimate of drug-likeness (QED) is 0.741. The standard InChI is InChI=1S/C21H27NO2/c1-21(16-23,19-8-3-2-4-9-19)15-22-13-18-7-5-6-10-20(18)24-14-17-11-12-17/h2-10,17,22-23H,11-16H2,1H3. The average Bonchev–Trinajstić information content (AvgIpc) is 3.46. The second kappa shape index (κ2) is 7.82. The molecule has 1 atom stereocenters. The van der Waals surface area contributed by atoms with Gasteiger partial charge in [-0.15, -0.1) is 0 Å². The third-order valence-electron chi connectivity index (χ3n) is 4.79. The minimum atomic E-state index is -0.287. The van der Waals surface area contributed by atoms with Gasteiger partial charge in [-0.2, -0.15) is 0 Å². The summed E-state index contributed by atoms with van der Waals surface area (Å²) in [6, 6.07) is 18.4. The van der Waals surface area contributed by atoms with Crippen LogP contribution in [0.15, 0.2) is 54.6 Å². The van der Waals surface area contributed by atoms with Crippen molar-refractivity contribution in [2.24, 2.45) is 5.92 Å². The summed E-state index contributed by atoms with van der Waals surface area (Å²) in [6.07, 6.45) is 2.60. The van der Waals surface area contributed by atoms with Gasteiger partial charge < -0.3 is 15.2 Å². The molecule has 2 N–H and O–H groups in total. The second-order valence-electron chi connectivity index (χ2n) is 7.05. The Hall–Kier alpha value is -1.84. The van der Waals surface area contributed by atoms with Crippen LogP contribution in [-0.2, 0) is 12.0 Å². The molecule has 0 bridgehead atoms. The summed E-state index contributed by atoms with van der Waals surface area (Å²) in [4.78, 5) is 0. The van der Waals surface area contributed by atoms with Crippen molar-refractivity contribution in [3.63, 3.8) is 0 Å². The lowest BCUT2D eigenvalue weighted by Crippen LogP contribution is -2.38. The summed E-state index contributed by atoms with van der Waals surface area (Å²) in [5, 5.41) is 13.4. The van der Waals surface area contributed by atoms with Crippen molar-refractivity contribution in [2.75, 3.05) is 19.8 Å². The van der Waals surface area contributed by atoms with E-state index in [4.69, 9.17) is 4.74 Å². The summed E-state index contributed by atoms with van der Waals surface area (Å²) in [7, 11) is 0. The minimum Gasteiger partial charge on any atom is -0.493 e. The number of aliphatic hydroxyl groups is 1. The number of benzene rings is 2. The van der Waals surface area contributed by atoms with Crippen LogP contribution in [0.3, 0.4) is 0 Å². The molecule has 1 aliphatic rings. The first-order valence-corrected chi connectivity index (χ1v) is 8.79. The third-order valence-corrected chi connectivity index (χ3v) is 4.79. The minimum absolute atomic E-state index is 0.115. The molecule has 1 unspecified atom stereocenters. The second-order valence-corrected chi connectivity index (χ2v) is 7.05. The van der Waals surface area contributed by atoms with Crippen molar-refractivity contribution in [3.05, 3.63) is 65.7 Å². The first-order chi connectivity index (χ1) is 11.7. The molecule has 2 aromatic rings. The fourth-order valence-electron chi connectivity index (χ4n) is 2.85. The zero-order chi connectivity index (χ0) is 16.8. The first-order valence-electron chi connectivity index (χ1n) is 8.79. The maximum absolute atomic E-state index is 9.88. The molecule has 1 aliphatic carbocycles. The van der Waals surface area contributed by atoms with Crippen molar-refractivity contribution in [3.8, 4) is 5.75 Å². The van der Waals surface area contributed by atoms with Gasteiger partial charge in [0, 0.05) is 24.1 Å². The molecule has 0 spiro atoms. The van der Waals surface area contributed by atoms with E-state index in [0.717, 1.165) is 30.4 Å². The van der Waals surface area contributed by atoms with Crippen molar-refractivity contribution in [1.29, 1.82) is 0 Å². The Morgan fingerprint density at radius 1 is 1.08 bits per heavy atom. The summed E-state index contributed by atoms with van der Waals surface area (Å²) in [5.41, 5.74) is 2.04. The highest BCUT2D eigenvalue weighted by atomic mass is 16.5. The Kier molecular flexibility index (Phi) is 5.54. The maximum Gasteiger partial charge on any atom is 0.123 e. The number of ether oxygens (including phenoxy) is 1. The molecule has 3 nitrogen and oxygen atoms in total. The van der Waals surface area contributed by atoms with Crippen molar-refractivity contribution < 1.29 is 9.84 Å². The molecule has 0 heterocycles. The number of hydrogen-bond donors (Lipinski definition) is 2. The number of aliphatic hydroxyl groups excluding tert-OH is 1. The normalized spacial score (nSPS) is 16.6. The van der Waals surface area contributed by atoms with Crippen LogP contribution in [0, 0.1) is 5.92 Å². The summed E-state index contributed by atoms with van der Waals surface area (Å²) in [5.74, 6) is 1.73. The van der Waals surface area contributed by atoms with Crippen LogP contribution in [0.2, 0.25) is 0 Å². The van der Waals surface area contributed by atoms with E-state index in [1.54, 1.807) is 0 Å². The summed E-state index contributed by atoms with van der Waals surface area (Å²) in [6.45, 7) is 4.48. The Balaban J connectivity index is 1.59. The zero-order valence-electron chi connectivity index (χ0n) is 14.4. The Labute approximate surface area is 144 Å². The summed E-state index contributed by atoms with van der Waals surface area (Å²) < 4.78 is 5.97. The van der Waals surface area contributed by atoms with Gasteiger partial charge >= 0.3 is 0 Å². The highest BCUT2D eigenvalue weighted by molar-refractivity contribution is 5.33. The molecule has 3 rings (SSSR count). The van der Waals surface area contributed by atoms with Crippen molar-refractivity contribution >= 4 is 0 Å². The topological polar surface area (TPSA) is 41.5 Å². The van der Waals surface area contributed by atoms with Gasteiger partial charge in [-0.25, -0.2) is 0 Å². The van der Waals surface area contributed by atoms with Gasteiger partial charge in [-0.05, 0) is 30.4 Å². The maximum atomic E-state index is 9.88. The van der Waals surface area contributed by atoms with Crippen molar-refractivity contribution in [1.82, 2.24) is 5.32 Å². The van der Waals surface area contributed by atoms with Crippen LogP contribution in [0.25, 0.3) is 0 Å². The van der Waals surface area contributed by atoms with E-state index in [-0.39, 0.29) is 12.0 Å². The van der Waals surface area contributed by atoms with Crippen LogP contribution >= 0.6 is 0 Å². The number of hydrogen-bond acceptors (Lipinski definition) is 3. The SMILES string of the molecule is CC(CO)(CNCc1ccccc1OCC1CC1)c1ccccc1. The highest BCUT2D eigenvalue weighted by Crippen LogP contribution is 2.30. The molecule has 3 heteroatoms. The van der Waals surface area contributed by atoms with Crippen molar-refractivity contribution in [2.45, 2.75) is 31.7 Å². The molecular weight excluding hydrogens is 298 g/mol. The van der Waals surface area contributed by atoms with Gasteiger partial charge in [0.2, 0.25) is 0 Å². The van der Waals surface area contributed by atoms with Crippen LogP contribution in [0.4, 0.5) is 0 Å². The van der Waals surface area contributed by atoms with Gasteiger partial charge in [0.25, 0.3) is 0 Å². The van der Waals surface area contributed by atoms with Crippen LogP contribution in [0.5, 0.6) is 5.75 Å². The Bertz CT molecular complexity index is 639. The van der Waals surface area contributed by atoms with Gasteiger partial charge in [0.05, 0.1) is 13.2 Å². The average molecular weight is 325 g/mol. The lowest BCUT2D eigenvalue weighted by molar-refractivity contribution is 0.201. The predicted molar refractivity (Wildman–Crippen MR) is 97.2 cm³/mol. The lowest BCUT2D eigenvalue weighted by atomic mass is 9.83.